The molecule has 0 spiro atoms. The summed E-state index contributed by atoms with van der Waals surface area (Å²) in [5.74, 6) is -2.25. The lowest BCUT2D eigenvalue weighted by Crippen LogP contribution is -1.97. The first-order chi connectivity index (χ1) is 8.09. The molecule has 0 heterocycles. The van der Waals surface area contributed by atoms with Crippen LogP contribution in [-0.2, 0) is 0 Å². The predicted molar refractivity (Wildman–Crippen MR) is 63.5 cm³/mol. The van der Waals surface area contributed by atoms with E-state index in [0.29, 0.717) is 11.1 Å². The van der Waals surface area contributed by atoms with Gasteiger partial charge in [-0.25, -0.2) is 13.2 Å². The zero-order valence-corrected chi connectivity index (χ0v) is 10.2. The van der Waals surface area contributed by atoms with E-state index in [1.54, 1.807) is 18.2 Å². The van der Waals surface area contributed by atoms with Crippen molar-refractivity contribution >= 4 is 15.9 Å². The molecule has 1 unspecified atom stereocenters. The minimum Gasteiger partial charge on any atom is -0.207 e. The van der Waals surface area contributed by atoms with Crippen molar-refractivity contribution in [3.8, 4) is 0 Å². The first-order valence-corrected chi connectivity index (χ1v) is 5.84. The largest absolute Gasteiger partial charge is 0.207 e. The molecule has 88 valence electrons. The third-order valence-electron chi connectivity index (χ3n) is 2.41. The Morgan fingerprint density at radius 1 is 0.824 bits per heavy atom. The Hall–Kier alpha value is -1.29. The molecule has 0 saturated carbocycles. The summed E-state index contributed by atoms with van der Waals surface area (Å²) < 4.78 is 39.4. The highest BCUT2D eigenvalue weighted by atomic mass is 79.9. The maximum absolute atomic E-state index is 13.5. The molecule has 0 aliphatic carbocycles. The van der Waals surface area contributed by atoms with Crippen molar-refractivity contribution < 1.29 is 13.2 Å². The molecule has 17 heavy (non-hydrogen) atoms. The van der Waals surface area contributed by atoms with Crippen molar-refractivity contribution in [1.29, 1.82) is 0 Å². The van der Waals surface area contributed by atoms with Crippen molar-refractivity contribution in [3.63, 3.8) is 0 Å². The first-order valence-electron chi connectivity index (χ1n) is 4.93. The van der Waals surface area contributed by atoms with Gasteiger partial charge in [-0.1, -0.05) is 40.2 Å². The minimum absolute atomic E-state index is 0.388. The maximum Gasteiger partial charge on any atom is 0.159 e. The van der Waals surface area contributed by atoms with Crippen molar-refractivity contribution in [2.75, 3.05) is 0 Å². The van der Waals surface area contributed by atoms with Crippen molar-refractivity contribution in [1.82, 2.24) is 0 Å². The Bertz CT molecular complexity index is 540. The van der Waals surface area contributed by atoms with E-state index >= 15 is 0 Å². The van der Waals surface area contributed by atoms with Crippen LogP contribution in [0.3, 0.4) is 0 Å². The number of halogens is 4. The number of alkyl halides is 1. The van der Waals surface area contributed by atoms with E-state index in [1.165, 1.54) is 12.1 Å². The lowest BCUT2D eigenvalue weighted by atomic mass is 10.0. The molecule has 0 bridgehead atoms. The standard InChI is InChI=1S/C13H8BrF3/c14-13(9-3-1-2-4-10(9)15)8-5-6-11(16)12(17)7-8/h1-7,13H. The van der Waals surface area contributed by atoms with Gasteiger partial charge in [-0.2, -0.15) is 0 Å². The molecule has 2 aromatic carbocycles. The maximum atomic E-state index is 13.5. The first kappa shape index (κ1) is 12.2. The van der Waals surface area contributed by atoms with E-state index in [-0.39, 0.29) is 5.82 Å². The predicted octanol–water partition coefficient (Wildman–Crippen LogP) is 4.59. The average molecular weight is 301 g/mol. The Morgan fingerprint density at radius 3 is 2.18 bits per heavy atom. The Labute approximate surface area is 105 Å². The second-order valence-electron chi connectivity index (χ2n) is 3.56. The SMILES string of the molecule is Fc1ccc(C(Br)c2ccccc2F)cc1F. The van der Waals surface area contributed by atoms with Gasteiger partial charge in [-0.3, -0.25) is 0 Å². The molecule has 0 aliphatic heterocycles. The van der Waals surface area contributed by atoms with Gasteiger partial charge in [-0.15, -0.1) is 0 Å². The normalized spacial score (nSPS) is 12.5. The summed E-state index contributed by atoms with van der Waals surface area (Å²) in [5, 5.41) is 0. The summed E-state index contributed by atoms with van der Waals surface area (Å²) in [7, 11) is 0. The number of rotatable bonds is 2. The number of hydrogen-bond acceptors (Lipinski definition) is 0. The molecule has 0 nitrogen and oxygen atoms in total. The smallest absolute Gasteiger partial charge is 0.159 e. The molecule has 0 aliphatic rings. The van der Waals surface area contributed by atoms with Crippen LogP contribution in [-0.4, -0.2) is 0 Å². The molecule has 2 aromatic rings. The summed E-state index contributed by atoms with van der Waals surface area (Å²) >= 11 is 3.27. The van der Waals surface area contributed by atoms with E-state index in [0.717, 1.165) is 12.1 Å². The van der Waals surface area contributed by atoms with Crippen molar-refractivity contribution in [2.45, 2.75) is 4.83 Å². The van der Waals surface area contributed by atoms with Gasteiger partial charge in [0.1, 0.15) is 5.82 Å². The van der Waals surface area contributed by atoms with Gasteiger partial charge in [-0.05, 0) is 23.8 Å². The zero-order chi connectivity index (χ0) is 12.4. The molecular weight excluding hydrogens is 293 g/mol. The van der Waals surface area contributed by atoms with Crippen LogP contribution in [0.2, 0.25) is 0 Å². The lowest BCUT2D eigenvalue weighted by molar-refractivity contribution is 0.507. The molecule has 0 amide bonds. The van der Waals surface area contributed by atoms with E-state index in [9.17, 15) is 13.2 Å². The van der Waals surface area contributed by atoms with Gasteiger partial charge in [0.25, 0.3) is 0 Å². The monoisotopic (exact) mass is 300 g/mol. The highest BCUT2D eigenvalue weighted by molar-refractivity contribution is 9.09. The Kier molecular flexibility index (Phi) is 3.52. The van der Waals surface area contributed by atoms with Gasteiger partial charge in [0, 0.05) is 5.56 Å². The third-order valence-corrected chi connectivity index (χ3v) is 3.44. The van der Waals surface area contributed by atoms with Crippen LogP contribution in [0.1, 0.15) is 16.0 Å². The molecular formula is C13H8BrF3. The summed E-state index contributed by atoms with van der Waals surface area (Å²) in [5.41, 5.74) is 0.854. The second-order valence-corrected chi connectivity index (χ2v) is 4.47. The summed E-state index contributed by atoms with van der Waals surface area (Å²) in [6, 6.07) is 9.68. The van der Waals surface area contributed by atoms with Crippen LogP contribution in [0.4, 0.5) is 13.2 Å². The second kappa shape index (κ2) is 4.92. The molecule has 0 saturated heterocycles. The molecule has 2 rings (SSSR count). The van der Waals surface area contributed by atoms with Gasteiger partial charge >= 0.3 is 0 Å². The Morgan fingerprint density at radius 2 is 1.53 bits per heavy atom. The minimum atomic E-state index is -0.941. The Balaban J connectivity index is 2.40. The van der Waals surface area contributed by atoms with Crippen LogP contribution in [0.15, 0.2) is 42.5 Å². The highest BCUT2D eigenvalue weighted by Gasteiger charge is 2.15. The fourth-order valence-corrected chi connectivity index (χ4v) is 2.19. The van der Waals surface area contributed by atoms with Crippen LogP contribution < -0.4 is 0 Å². The van der Waals surface area contributed by atoms with Gasteiger partial charge in [0.15, 0.2) is 11.6 Å². The fraction of sp³-hybridized carbons (Fsp3) is 0.0769. The van der Waals surface area contributed by atoms with Crippen LogP contribution in [0, 0.1) is 17.5 Å². The number of hydrogen-bond donors (Lipinski definition) is 0. The average Bonchev–Trinajstić information content (AvgIpc) is 2.32. The quantitative estimate of drug-likeness (QED) is 0.712. The molecule has 0 radical (unpaired) electrons. The van der Waals surface area contributed by atoms with E-state index in [2.05, 4.69) is 15.9 Å². The molecule has 0 aromatic heterocycles. The fourth-order valence-electron chi connectivity index (χ4n) is 1.53. The third kappa shape index (κ3) is 2.52. The molecule has 4 heteroatoms. The van der Waals surface area contributed by atoms with Gasteiger partial charge < -0.3 is 0 Å². The van der Waals surface area contributed by atoms with E-state index in [4.69, 9.17) is 0 Å². The van der Waals surface area contributed by atoms with E-state index in [1.807, 2.05) is 0 Å². The summed E-state index contributed by atoms with van der Waals surface area (Å²) in [6.45, 7) is 0. The van der Waals surface area contributed by atoms with Crippen molar-refractivity contribution in [2.24, 2.45) is 0 Å². The topological polar surface area (TPSA) is 0 Å². The van der Waals surface area contributed by atoms with E-state index < -0.39 is 16.5 Å². The van der Waals surface area contributed by atoms with Crippen molar-refractivity contribution in [3.05, 3.63) is 71.0 Å². The molecule has 1 atom stereocenters. The number of benzene rings is 2. The highest BCUT2D eigenvalue weighted by Crippen LogP contribution is 2.32. The van der Waals surface area contributed by atoms with Crippen LogP contribution in [0.5, 0.6) is 0 Å². The van der Waals surface area contributed by atoms with Crippen LogP contribution >= 0.6 is 15.9 Å². The zero-order valence-electron chi connectivity index (χ0n) is 8.63. The summed E-state index contributed by atoms with van der Waals surface area (Å²) in [6.07, 6.45) is 0. The van der Waals surface area contributed by atoms with Crippen LogP contribution in [0.25, 0.3) is 0 Å². The van der Waals surface area contributed by atoms with Gasteiger partial charge in [0.05, 0.1) is 4.83 Å². The molecule has 0 N–H and O–H groups in total. The molecule has 0 fully saturated rings. The summed E-state index contributed by atoms with van der Waals surface area (Å²) in [4.78, 5) is -0.501. The lowest BCUT2D eigenvalue weighted by Gasteiger charge is -2.11. The van der Waals surface area contributed by atoms with Gasteiger partial charge in [0.2, 0.25) is 0 Å².